The van der Waals surface area contributed by atoms with E-state index in [1.807, 2.05) is 37.3 Å². The van der Waals surface area contributed by atoms with Crippen molar-refractivity contribution in [2.24, 2.45) is 0 Å². The third kappa shape index (κ3) is 3.54. The molecule has 0 aliphatic carbocycles. The standard InChI is InChI=1S/C18H17ClN2O2/c1-12-3-2-4-13(9-12)18(23)20-15-10-17(22)21(11-15)16-7-5-14(19)6-8-16/h2-9,15H,10-11H2,1H3,(H,20,23)/t15-/m1/s1. The number of hydrogen-bond donors (Lipinski definition) is 1. The van der Waals surface area contributed by atoms with Crippen LogP contribution in [0.1, 0.15) is 22.3 Å². The third-order valence-corrected chi connectivity index (χ3v) is 4.13. The van der Waals surface area contributed by atoms with Crippen LogP contribution in [0.5, 0.6) is 0 Å². The molecular formula is C18H17ClN2O2. The van der Waals surface area contributed by atoms with E-state index in [0.29, 0.717) is 23.6 Å². The molecule has 0 saturated carbocycles. The van der Waals surface area contributed by atoms with Gasteiger partial charge in [0.25, 0.3) is 5.91 Å². The van der Waals surface area contributed by atoms with Crippen LogP contribution in [0.15, 0.2) is 48.5 Å². The summed E-state index contributed by atoms with van der Waals surface area (Å²) >= 11 is 5.87. The second-order valence-electron chi connectivity index (χ2n) is 5.72. The van der Waals surface area contributed by atoms with Gasteiger partial charge >= 0.3 is 0 Å². The first-order chi connectivity index (χ1) is 11.0. The van der Waals surface area contributed by atoms with Crippen molar-refractivity contribution in [1.82, 2.24) is 5.32 Å². The van der Waals surface area contributed by atoms with Crippen molar-refractivity contribution in [2.45, 2.75) is 19.4 Å². The highest BCUT2D eigenvalue weighted by Crippen LogP contribution is 2.23. The van der Waals surface area contributed by atoms with Gasteiger partial charge in [-0.05, 0) is 43.3 Å². The Hall–Kier alpha value is -2.33. The van der Waals surface area contributed by atoms with E-state index in [2.05, 4.69) is 5.32 Å². The molecule has 2 aromatic carbocycles. The third-order valence-electron chi connectivity index (χ3n) is 3.88. The van der Waals surface area contributed by atoms with Gasteiger partial charge in [-0.15, -0.1) is 0 Å². The Balaban J connectivity index is 1.68. The molecule has 0 unspecified atom stereocenters. The molecular weight excluding hydrogens is 312 g/mol. The highest BCUT2D eigenvalue weighted by atomic mass is 35.5. The van der Waals surface area contributed by atoms with E-state index in [4.69, 9.17) is 11.6 Å². The van der Waals surface area contributed by atoms with Crippen molar-refractivity contribution in [3.8, 4) is 0 Å². The smallest absolute Gasteiger partial charge is 0.251 e. The molecule has 3 rings (SSSR count). The highest BCUT2D eigenvalue weighted by molar-refractivity contribution is 6.30. The lowest BCUT2D eigenvalue weighted by Gasteiger charge is -2.17. The van der Waals surface area contributed by atoms with E-state index < -0.39 is 0 Å². The molecule has 4 nitrogen and oxygen atoms in total. The number of benzene rings is 2. The monoisotopic (exact) mass is 328 g/mol. The Morgan fingerprint density at radius 2 is 1.96 bits per heavy atom. The lowest BCUT2D eigenvalue weighted by atomic mass is 10.1. The van der Waals surface area contributed by atoms with Gasteiger partial charge in [0.15, 0.2) is 0 Å². The molecule has 1 aliphatic rings. The van der Waals surface area contributed by atoms with Crippen molar-refractivity contribution < 1.29 is 9.59 Å². The number of nitrogens with zero attached hydrogens (tertiary/aromatic N) is 1. The number of carbonyl (C=O) groups is 2. The minimum Gasteiger partial charge on any atom is -0.347 e. The quantitative estimate of drug-likeness (QED) is 0.940. The van der Waals surface area contributed by atoms with Gasteiger partial charge in [-0.25, -0.2) is 0 Å². The largest absolute Gasteiger partial charge is 0.347 e. The SMILES string of the molecule is Cc1cccc(C(=O)N[C@@H]2CC(=O)N(c3ccc(Cl)cc3)C2)c1. The Morgan fingerprint density at radius 3 is 2.65 bits per heavy atom. The number of aryl methyl sites for hydroxylation is 1. The number of anilines is 1. The number of nitrogens with one attached hydrogen (secondary N) is 1. The molecule has 1 saturated heterocycles. The molecule has 1 fully saturated rings. The summed E-state index contributed by atoms with van der Waals surface area (Å²) in [5.41, 5.74) is 2.44. The van der Waals surface area contributed by atoms with E-state index >= 15 is 0 Å². The second kappa shape index (κ2) is 6.42. The first kappa shape index (κ1) is 15.6. The minimum atomic E-state index is -0.189. The van der Waals surface area contributed by atoms with Crippen LogP contribution in [0.2, 0.25) is 5.02 Å². The van der Waals surface area contributed by atoms with E-state index in [-0.39, 0.29) is 17.9 Å². The summed E-state index contributed by atoms with van der Waals surface area (Å²) in [6.45, 7) is 2.41. The van der Waals surface area contributed by atoms with Crippen LogP contribution in [-0.2, 0) is 4.79 Å². The number of hydrogen-bond acceptors (Lipinski definition) is 2. The fraction of sp³-hybridized carbons (Fsp3) is 0.222. The number of carbonyl (C=O) groups excluding carboxylic acids is 2. The van der Waals surface area contributed by atoms with Gasteiger partial charge < -0.3 is 10.2 Å². The van der Waals surface area contributed by atoms with E-state index in [9.17, 15) is 9.59 Å². The van der Waals surface area contributed by atoms with Gasteiger partial charge in [0.1, 0.15) is 0 Å². The maximum Gasteiger partial charge on any atom is 0.251 e. The Labute approximate surface area is 140 Å². The molecule has 0 radical (unpaired) electrons. The van der Waals surface area contributed by atoms with Crippen molar-refractivity contribution in [3.63, 3.8) is 0 Å². The average Bonchev–Trinajstić information content (AvgIpc) is 2.88. The van der Waals surface area contributed by atoms with E-state index in [1.165, 1.54) is 0 Å². The maximum atomic E-state index is 12.3. The highest BCUT2D eigenvalue weighted by Gasteiger charge is 2.31. The van der Waals surface area contributed by atoms with Gasteiger partial charge in [-0.2, -0.15) is 0 Å². The maximum absolute atomic E-state index is 12.3. The number of rotatable bonds is 3. The normalized spacial score (nSPS) is 17.4. The van der Waals surface area contributed by atoms with Gasteiger partial charge in [0.05, 0.1) is 6.04 Å². The van der Waals surface area contributed by atoms with Crippen molar-refractivity contribution in [2.75, 3.05) is 11.4 Å². The molecule has 1 heterocycles. The first-order valence-corrected chi connectivity index (χ1v) is 7.84. The van der Waals surface area contributed by atoms with E-state index in [1.54, 1.807) is 23.1 Å². The molecule has 0 bridgehead atoms. The second-order valence-corrected chi connectivity index (χ2v) is 6.16. The average molecular weight is 329 g/mol. The molecule has 23 heavy (non-hydrogen) atoms. The lowest BCUT2D eigenvalue weighted by Crippen LogP contribution is -2.37. The summed E-state index contributed by atoms with van der Waals surface area (Å²) in [7, 11) is 0. The van der Waals surface area contributed by atoms with Crippen molar-refractivity contribution in [1.29, 1.82) is 0 Å². The van der Waals surface area contributed by atoms with Crippen LogP contribution < -0.4 is 10.2 Å². The fourth-order valence-electron chi connectivity index (χ4n) is 2.73. The molecule has 5 heteroatoms. The van der Waals surface area contributed by atoms with Gasteiger partial charge in [0, 0.05) is 29.2 Å². The molecule has 2 aromatic rings. The molecule has 1 atom stereocenters. The van der Waals surface area contributed by atoms with Crippen molar-refractivity contribution in [3.05, 3.63) is 64.7 Å². The summed E-state index contributed by atoms with van der Waals surface area (Å²) in [6, 6.07) is 14.3. The first-order valence-electron chi connectivity index (χ1n) is 7.46. The van der Waals surface area contributed by atoms with Crippen LogP contribution in [0.25, 0.3) is 0 Å². The number of halogens is 1. The summed E-state index contributed by atoms with van der Waals surface area (Å²) in [4.78, 5) is 26.2. The van der Waals surface area contributed by atoms with Crippen LogP contribution in [0.3, 0.4) is 0 Å². The fourth-order valence-corrected chi connectivity index (χ4v) is 2.86. The zero-order valence-corrected chi connectivity index (χ0v) is 13.5. The summed E-state index contributed by atoms with van der Waals surface area (Å²) in [5.74, 6) is -0.147. The molecule has 118 valence electrons. The zero-order valence-electron chi connectivity index (χ0n) is 12.8. The predicted molar refractivity (Wildman–Crippen MR) is 90.9 cm³/mol. The molecule has 2 amide bonds. The summed E-state index contributed by atoms with van der Waals surface area (Å²) in [5, 5.41) is 3.57. The Morgan fingerprint density at radius 1 is 1.22 bits per heavy atom. The van der Waals surface area contributed by atoms with Crippen LogP contribution in [0, 0.1) is 6.92 Å². The summed E-state index contributed by atoms with van der Waals surface area (Å²) in [6.07, 6.45) is 0.306. The predicted octanol–water partition coefficient (Wildman–Crippen LogP) is 3.18. The van der Waals surface area contributed by atoms with Crippen molar-refractivity contribution >= 4 is 29.1 Å². The van der Waals surface area contributed by atoms with Gasteiger partial charge in [-0.1, -0.05) is 29.3 Å². The van der Waals surface area contributed by atoms with Gasteiger partial charge in [-0.3, -0.25) is 9.59 Å². The summed E-state index contributed by atoms with van der Waals surface area (Å²) < 4.78 is 0. The zero-order chi connectivity index (χ0) is 16.4. The Kier molecular flexibility index (Phi) is 4.35. The molecule has 0 aromatic heterocycles. The topological polar surface area (TPSA) is 49.4 Å². The van der Waals surface area contributed by atoms with Crippen LogP contribution in [-0.4, -0.2) is 24.4 Å². The minimum absolute atomic E-state index is 0.00173. The van der Waals surface area contributed by atoms with Crippen LogP contribution in [0.4, 0.5) is 5.69 Å². The lowest BCUT2D eigenvalue weighted by molar-refractivity contribution is -0.117. The molecule has 1 aliphatic heterocycles. The van der Waals surface area contributed by atoms with Crippen LogP contribution >= 0.6 is 11.6 Å². The Bertz CT molecular complexity index is 743. The molecule has 0 spiro atoms. The van der Waals surface area contributed by atoms with Gasteiger partial charge in [0.2, 0.25) is 5.91 Å². The molecule has 1 N–H and O–H groups in total. The number of amides is 2. The van der Waals surface area contributed by atoms with E-state index in [0.717, 1.165) is 11.3 Å².